The van der Waals surface area contributed by atoms with E-state index in [4.69, 9.17) is 21.9 Å². The number of carboxylic acid groups (broad SMARTS) is 1. The van der Waals surface area contributed by atoms with Crippen LogP contribution in [0.3, 0.4) is 0 Å². The van der Waals surface area contributed by atoms with Crippen molar-refractivity contribution >= 4 is 46.4 Å². The van der Waals surface area contributed by atoms with Crippen LogP contribution in [-0.2, 0) is 14.3 Å². The highest BCUT2D eigenvalue weighted by atomic mass is 32.1. The molecule has 5 heterocycles. The summed E-state index contributed by atoms with van der Waals surface area (Å²) in [6, 6.07) is 0.941. The summed E-state index contributed by atoms with van der Waals surface area (Å²) in [4.78, 5) is 44.6. The number of aromatic nitrogens is 2. The van der Waals surface area contributed by atoms with Crippen molar-refractivity contribution < 1.29 is 23.8 Å². The van der Waals surface area contributed by atoms with Gasteiger partial charge in [-0.25, -0.2) is 14.8 Å². The average molecular weight is 616 g/mol. The van der Waals surface area contributed by atoms with E-state index in [0.29, 0.717) is 77.6 Å². The summed E-state index contributed by atoms with van der Waals surface area (Å²) >= 11 is 7.14. The van der Waals surface area contributed by atoms with Crippen molar-refractivity contribution in [1.29, 1.82) is 0 Å². The first-order valence-electron chi connectivity index (χ1n) is 13.8. The van der Waals surface area contributed by atoms with Gasteiger partial charge in [-0.1, -0.05) is 0 Å². The first-order chi connectivity index (χ1) is 20.0. The molecule has 5 rings (SSSR count). The number of esters is 1. The van der Waals surface area contributed by atoms with Gasteiger partial charge in [-0.05, 0) is 51.5 Å². The Kier molecular flexibility index (Phi) is 8.58. The van der Waals surface area contributed by atoms with Gasteiger partial charge in [0.2, 0.25) is 5.95 Å². The second-order valence-corrected chi connectivity index (χ2v) is 12.5. The summed E-state index contributed by atoms with van der Waals surface area (Å²) in [7, 11) is 0. The van der Waals surface area contributed by atoms with Crippen LogP contribution in [0.1, 0.15) is 42.9 Å². The largest absolute Gasteiger partial charge is 0.481 e. The molecule has 42 heavy (non-hydrogen) atoms. The number of aliphatic imine (C=N–C) groups is 1. The van der Waals surface area contributed by atoms with Gasteiger partial charge in [-0.2, -0.15) is 4.39 Å². The molecule has 11 nitrogen and oxygen atoms in total. The number of thiocarbonyl (C=S) groups is 1. The predicted octanol–water partition coefficient (Wildman–Crippen LogP) is 2.59. The highest BCUT2D eigenvalue weighted by Gasteiger charge is 2.42. The van der Waals surface area contributed by atoms with Crippen LogP contribution in [0.2, 0.25) is 0 Å². The van der Waals surface area contributed by atoms with E-state index in [1.165, 1.54) is 17.5 Å². The third-order valence-electron chi connectivity index (χ3n) is 7.80. The maximum Gasteiger partial charge on any atom is 0.338 e. The van der Waals surface area contributed by atoms with Crippen LogP contribution in [-0.4, -0.2) is 105 Å². The SMILES string of the molecule is CCOC(=O)C1=C(CN2CCN3C(=S)N(CC(C)(C)C(=O)O)CC3C2)NC(c2nccs2)=N[C@H]1c1ccnc(F)c1C. The lowest BCUT2D eigenvalue weighted by molar-refractivity contribution is -0.147. The summed E-state index contributed by atoms with van der Waals surface area (Å²) in [6.45, 7) is 10.3. The zero-order valence-electron chi connectivity index (χ0n) is 24.0. The number of carbonyl (C=O) groups excluding carboxylic acids is 1. The number of ether oxygens (including phenoxy) is 1. The number of hydrogen-bond donors (Lipinski definition) is 2. The Labute approximate surface area is 253 Å². The average Bonchev–Trinajstić information content (AvgIpc) is 3.58. The van der Waals surface area contributed by atoms with Crippen LogP contribution in [0.4, 0.5) is 4.39 Å². The molecule has 0 aliphatic carbocycles. The minimum Gasteiger partial charge on any atom is -0.481 e. The van der Waals surface area contributed by atoms with Gasteiger partial charge in [-0.3, -0.25) is 14.7 Å². The van der Waals surface area contributed by atoms with E-state index in [9.17, 15) is 19.1 Å². The number of amidine groups is 1. The van der Waals surface area contributed by atoms with Crippen molar-refractivity contribution in [3.63, 3.8) is 0 Å². The molecule has 0 radical (unpaired) electrons. The van der Waals surface area contributed by atoms with E-state index in [0.717, 1.165) is 0 Å². The number of piperazine rings is 1. The Morgan fingerprint density at radius 2 is 2.05 bits per heavy atom. The van der Waals surface area contributed by atoms with Gasteiger partial charge in [0.15, 0.2) is 16.0 Å². The lowest BCUT2D eigenvalue weighted by Crippen LogP contribution is -2.53. The topological polar surface area (TPSA) is 123 Å². The Balaban J connectivity index is 1.45. The van der Waals surface area contributed by atoms with Gasteiger partial charge >= 0.3 is 11.9 Å². The van der Waals surface area contributed by atoms with Crippen molar-refractivity contribution in [3.8, 4) is 0 Å². The lowest BCUT2D eigenvalue weighted by Gasteiger charge is -2.38. The number of carbonyl (C=O) groups is 2. The summed E-state index contributed by atoms with van der Waals surface area (Å²) < 4.78 is 20.1. The molecule has 2 aromatic rings. The molecular weight excluding hydrogens is 581 g/mol. The number of nitrogens with zero attached hydrogens (tertiary/aromatic N) is 6. The number of fused-ring (bicyclic) bond motifs is 1. The maximum atomic E-state index is 14.6. The van der Waals surface area contributed by atoms with E-state index in [1.807, 2.05) is 10.3 Å². The van der Waals surface area contributed by atoms with E-state index in [2.05, 4.69) is 25.1 Å². The molecule has 0 spiro atoms. The highest BCUT2D eigenvalue weighted by Crippen LogP contribution is 2.35. The molecule has 0 aromatic carbocycles. The number of hydrogen-bond acceptors (Lipinski definition) is 10. The number of nitrogens with one attached hydrogen (secondary N) is 1. The fourth-order valence-electron chi connectivity index (χ4n) is 5.55. The van der Waals surface area contributed by atoms with Gasteiger partial charge in [0.1, 0.15) is 6.04 Å². The molecule has 2 fully saturated rings. The fourth-order valence-corrected chi connectivity index (χ4v) is 6.52. The number of carboxylic acids is 1. The van der Waals surface area contributed by atoms with Crippen LogP contribution in [0.5, 0.6) is 0 Å². The van der Waals surface area contributed by atoms with Gasteiger partial charge in [0.25, 0.3) is 0 Å². The fraction of sp³-hybridized carbons (Fsp3) is 0.500. The Hall–Kier alpha value is -3.49. The number of halogens is 1. The molecule has 3 aliphatic heterocycles. The Bertz CT molecular complexity index is 1450. The van der Waals surface area contributed by atoms with Crippen molar-refractivity contribution in [3.05, 3.63) is 57.2 Å². The molecular formula is C28H34FN7O4S2. The van der Waals surface area contributed by atoms with Crippen LogP contribution >= 0.6 is 23.6 Å². The third-order valence-corrected chi connectivity index (χ3v) is 9.07. The second-order valence-electron chi connectivity index (χ2n) is 11.2. The van der Waals surface area contributed by atoms with Crippen LogP contribution in [0.15, 0.2) is 40.1 Å². The Morgan fingerprint density at radius 1 is 1.26 bits per heavy atom. The molecule has 3 aliphatic rings. The quantitative estimate of drug-likeness (QED) is 0.246. The number of aliphatic carboxylic acids is 1. The minimum absolute atomic E-state index is 0.0745. The number of rotatable bonds is 9. The molecule has 2 N–H and O–H groups in total. The molecule has 0 amide bonds. The predicted molar refractivity (Wildman–Crippen MR) is 160 cm³/mol. The summed E-state index contributed by atoms with van der Waals surface area (Å²) in [5.41, 5.74) is 0.842. The first-order valence-corrected chi connectivity index (χ1v) is 15.1. The van der Waals surface area contributed by atoms with Crippen molar-refractivity contribution in [2.75, 3.05) is 45.9 Å². The van der Waals surface area contributed by atoms with E-state index in [-0.39, 0.29) is 12.6 Å². The molecule has 224 valence electrons. The molecule has 14 heteroatoms. The van der Waals surface area contributed by atoms with Crippen molar-refractivity contribution in [2.24, 2.45) is 10.4 Å². The van der Waals surface area contributed by atoms with Gasteiger partial charge in [-0.15, -0.1) is 11.3 Å². The van der Waals surface area contributed by atoms with E-state index in [1.54, 1.807) is 40.0 Å². The first kappa shape index (κ1) is 30.0. The number of thiazole rings is 1. The van der Waals surface area contributed by atoms with E-state index < -0.39 is 29.3 Å². The summed E-state index contributed by atoms with van der Waals surface area (Å²) in [5, 5.41) is 16.1. The normalized spacial score (nSPS) is 21.3. The summed E-state index contributed by atoms with van der Waals surface area (Å²) in [6.07, 6.45) is 3.06. The number of pyridine rings is 1. The minimum atomic E-state index is -0.936. The maximum absolute atomic E-state index is 14.6. The van der Waals surface area contributed by atoms with E-state index >= 15 is 0 Å². The second kappa shape index (κ2) is 12.0. The zero-order chi connectivity index (χ0) is 30.2. The molecule has 2 atom stereocenters. The third kappa shape index (κ3) is 5.88. The smallest absolute Gasteiger partial charge is 0.338 e. The molecule has 2 saturated heterocycles. The zero-order valence-corrected chi connectivity index (χ0v) is 25.6. The van der Waals surface area contributed by atoms with Gasteiger partial charge < -0.3 is 25.0 Å². The standard InChI is InChI=1S/C28H34FN7O4S2/c1-5-40-25(37)20-19(14-34-9-10-36-17(12-34)13-35(27(36)41)15-28(3,4)26(38)39)32-23(24-31-8-11-42-24)33-21(20)18-6-7-30-22(29)16(18)2/h6-8,11,17,21H,5,9-10,12-15H2,1-4H3,(H,32,33)(H,38,39)/t17?,21-/m0/s1. The molecule has 2 aromatic heterocycles. The lowest BCUT2D eigenvalue weighted by atomic mass is 9.93. The van der Waals surface area contributed by atoms with Crippen LogP contribution in [0.25, 0.3) is 0 Å². The van der Waals surface area contributed by atoms with Crippen LogP contribution < -0.4 is 5.32 Å². The molecule has 0 bridgehead atoms. The molecule has 1 unspecified atom stereocenters. The summed E-state index contributed by atoms with van der Waals surface area (Å²) in [5.74, 6) is -1.51. The van der Waals surface area contributed by atoms with Crippen molar-refractivity contribution in [1.82, 2.24) is 30.0 Å². The van der Waals surface area contributed by atoms with Gasteiger partial charge in [0, 0.05) is 68.3 Å². The van der Waals surface area contributed by atoms with Crippen molar-refractivity contribution in [2.45, 2.75) is 39.8 Å². The van der Waals surface area contributed by atoms with Crippen LogP contribution in [0, 0.1) is 18.3 Å². The monoisotopic (exact) mass is 615 g/mol. The Morgan fingerprint density at radius 3 is 2.74 bits per heavy atom. The highest BCUT2D eigenvalue weighted by molar-refractivity contribution is 7.80. The van der Waals surface area contributed by atoms with Gasteiger partial charge in [0.05, 0.1) is 23.6 Å². The molecule has 0 saturated carbocycles.